The molecule has 2 aliphatic heterocycles. The van der Waals surface area contributed by atoms with Crippen molar-refractivity contribution in [3.8, 4) is 0 Å². The maximum atomic E-state index is 12.6. The van der Waals surface area contributed by atoms with Gasteiger partial charge < -0.3 is 4.74 Å². The molecule has 2 aliphatic carbocycles. The van der Waals surface area contributed by atoms with Crippen LogP contribution in [0.15, 0.2) is 12.2 Å². The molecule has 1 saturated carbocycles. The van der Waals surface area contributed by atoms with Gasteiger partial charge in [0, 0.05) is 12.6 Å². The molecule has 0 radical (unpaired) electrons. The van der Waals surface area contributed by atoms with Crippen LogP contribution in [0.4, 0.5) is 0 Å². The van der Waals surface area contributed by atoms with Crippen LogP contribution in [-0.2, 0) is 14.3 Å². The van der Waals surface area contributed by atoms with E-state index in [-0.39, 0.29) is 23.7 Å². The maximum Gasteiger partial charge on any atom is 0.234 e. The van der Waals surface area contributed by atoms with E-state index in [0.29, 0.717) is 25.4 Å². The number of amides is 2. The van der Waals surface area contributed by atoms with Crippen molar-refractivity contribution in [2.45, 2.75) is 50.7 Å². The lowest BCUT2D eigenvalue weighted by molar-refractivity contribution is -0.148. The number of likely N-dealkylation sites (tertiary alicyclic amines) is 1. The van der Waals surface area contributed by atoms with E-state index in [4.69, 9.17) is 4.74 Å². The Kier molecular flexibility index (Phi) is 3.78. The van der Waals surface area contributed by atoms with Gasteiger partial charge in [0.15, 0.2) is 0 Å². The van der Waals surface area contributed by atoms with Crippen LogP contribution in [-0.4, -0.2) is 53.6 Å². The van der Waals surface area contributed by atoms with Gasteiger partial charge in [0.25, 0.3) is 0 Å². The van der Waals surface area contributed by atoms with Gasteiger partial charge in [0.05, 0.1) is 31.2 Å². The number of imide groups is 1. The second-order valence-corrected chi connectivity index (χ2v) is 6.98. The first-order valence-electron chi connectivity index (χ1n) is 8.61. The Morgan fingerprint density at radius 2 is 1.73 bits per heavy atom. The molecule has 4 atom stereocenters. The molecule has 0 aromatic carbocycles. The zero-order chi connectivity index (χ0) is 15.1. The van der Waals surface area contributed by atoms with Crippen LogP contribution in [0.3, 0.4) is 0 Å². The van der Waals surface area contributed by atoms with Crippen molar-refractivity contribution < 1.29 is 14.3 Å². The molecule has 4 aliphatic rings. The highest BCUT2D eigenvalue weighted by Gasteiger charge is 2.48. The average Bonchev–Trinajstić information content (AvgIpc) is 2.81. The Hall–Kier alpha value is -1.20. The standard InChI is InChI=1S/C17H24N2O3/c20-16-12-5-1-2-6-13(12)17(21)19(16)11-18-9-10-22-15-8-4-3-7-14(15)18/h1-2,12-15H,3-11H2. The second kappa shape index (κ2) is 5.78. The zero-order valence-corrected chi connectivity index (χ0v) is 12.9. The molecule has 2 saturated heterocycles. The number of ether oxygens (including phenoxy) is 1. The molecule has 5 nitrogen and oxygen atoms in total. The molecule has 3 fully saturated rings. The summed E-state index contributed by atoms with van der Waals surface area (Å²) in [6.45, 7) is 2.01. The van der Waals surface area contributed by atoms with Crippen molar-refractivity contribution in [1.82, 2.24) is 9.80 Å². The van der Waals surface area contributed by atoms with Crippen LogP contribution in [0.25, 0.3) is 0 Å². The van der Waals surface area contributed by atoms with Crippen LogP contribution >= 0.6 is 0 Å². The molecule has 2 heterocycles. The normalized spacial score (nSPS) is 39.0. The Bertz CT molecular complexity index is 476. The van der Waals surface area contributed by atoms with Crippen molar-refractivity contribution in [2.24, 2.45) is 11.8 Å². The number of carbonyl (C=O) groups is 2. The summed E-state index contributed by atoms with van der Waals surface area (Å²) < 4.78 is 5.88. The van der Waals surface area contributed by atoms with E-state index in [1.54, 1.807) is 0 Å². The molecule has 22 heavy (non-hydrogen) atoms. The van der Waals surface area contributed by atoms with E-state index in [9.17, 15) is 9.59 Å². The van der Waals surface area contributed by atoms with Gasteiger partial charge >= 0.3 is 0 Å². The number of hydrogen-bond donors (Lipinski definition) is 0. The van der Waals surface area contributed by atoms with Gasteiger partial charge in [0.2, 0.25) is 11.8 Å². The zero-order valence-electron chi connectivity index (χ0n) is 12.9. The quantitative estimate of drug-likeness (QED) is 0.573. The molecule has 4 rings (SSSR count). The Balaban J connectivity index is 1.48. The van der Waals surface area contributed by atoms with Crippen molar-refractivity contribution in [3.63, 3.8) is 0 Å². The van der Waals surface area contributed by atoms with Crippen LogP contribution in [0, 0.1) is 11.8 Å². The van der Waals surface area contributed by atoms with E-state index in [2.05, 4.69) is 4.90 Å². The van der Waals surface area contributed by atoms with Crippen molar-refractivity contribution in [3.05, 3.63) is 12.2 Å². The molecule has 2 amide bonds. The highest BCUT2D eigenvalue weighted by Crippen LogP contribution is 2.36. The van der Waals surface area contributed by atoms with Gasteiger partial charge in [-0.1, -0.05) is 25.0 Å². The molecular formula is C17H24N2O3. The third kappa shape index (κ3) is 2.31. The second-order valence-electron chi connectivity index (χ2n) is 6.98. The fourth-order valence-electron chi connectivity index (χ4n) is 4.54. The molecule has 4 unspecified atom stereocenters. The number of rotatable bonds is 2. The lowest BCUT2D eigenvalue weighted by Crippen LogP contribution is -2.56. The van der Waals surface area contributed by atoms with Crippen LogP contribution < -0.4 is 0 Å². The minimum Gasteiger partial charge on any atom is -0.375 e. The topological polar surface area (TPSA) is 49.9 Å². The molecule has 0 spiro atoms. The van der Waals surface area contributed by atoms with Gasteiger partial charge in [0.1, 0.15) is 0 Å². The van der Waals surface area contributed by atoms with Crippen molar-refractivity contribution in [1.29, 1.82) is 0 Å². The number of allylic oxidation sites excluding steroid dienone is 2. The molecular weight excluding hydrogens is 280 g/mol. The highest BCUT2D eigenvalue weighted by atomic mass is 16.5. The van der Waals surface area contributed by atoms with E-state index in [0.717, 1.165) is 32.2 Å². The van der Waals surface area contributed by atoms with E-state index < -0.39 is 0 Å². The maximum absolute atomic E-state index is 12.6. The number of fused-ring (bicyclic) bond motifs is 2. The SMILES string of the molecule is O=C1C2CC=CCC2C(=O)N1CN1CCOC2CCCCC21. The molecule has 120 valence electrons. The lowest BCUT2D eigenvalue weighted by Gasteiger charge is -2.44. The molecule has 0 N–H and O–H groups in total. The van der Waals surface area contributed by atoms with Crippen LogP contribution in [0.2, 0.25) is 0 Å². The van der Waals surface area contributed by atoms with Gasteiger partial charge in [-0.2, -0.15) is 0 Å². The fourth-order valence-corrected chi connectivity index (χ4v) is 4.54. The first-order valence-corrected chi connectivity index (χ1v) is 8.61. The minimum atomic E-state index is -0.110. The largest absolute Gasteiger partial charge is 0.375 e. The number of hydrogen-bond acceptors (Lipinski definition) is 4. The van der Waals surface area contributed by atoms with E-state index >= 15 is 0 Å². The Morgan fingerprint density at radius 1 is 1.05 bits per heavy atom. The lowest BCUT2D eigenvalue weighted by atomic mass is 9.85. The third-order valence-corrected chi connectivity index (χ3v) is 5.77. The summed E-state index contributed by atoms with van der Waals surface area (Å²) in [6, 6.07) is 0.379. The van der Waals surface area contributed by atoms with Crippen molar-refractivity contribution in [2.75, 3.05) is 19.8 Å². The van der Waals surface area contributed by atoms with Gasteiger partial charge in [-0.05, 0) is 25.7 Å². The monoisotopic (exact) mass is 304 g/mol. The minimum absolute atomic E-state index is 0.0400. The Labute approximate surface area is 131 Å². The summed E-state index contributed by atoms with van der Waals surface area (Å²) in [5.74, 6) is -0.141. The number of nitrogens with zero attached hydrogens (tertiary/aromatic N) is 2. The van der Waals surface area contributed by atoms with Gasteiger partial charge in [-0.3, -0.25) is 19.4 Å². The number of carbonyl (C=O) groups excluding carboxylic acids is 2. The van der Waals surface area contributed by atoms with Gasteiger partial charge in [-0.15, -0.1) is 0 Å². The first-order chi connectivity index (χ1) is 10.8. The summed E-state index contributed by atoms with van der Waals surface area (Å²) in [4.78, 5) is 29.0. The number of morpholine rings is 1. The smallest absolute Gasteiger partial charge is 0.234 e. The predicted molar refractivity (Wildman–Crippen MR) is 80.8 cm³/mol. The average molecular weight is 304 g/mol. The summed E-state index contributed by atoms with van der Waals surface area (Å²) in [6.07, 6.45) is 10.5. The molecule has 5 heteroatoms. The van der Waals surface area contributed by atoms with Crippen LogP contribution in [0.5, 0.6) is 0 Å². The molecule has 0 bridgehead atoms. The van der Waals surface area contributed by atoms with E-state index in [1.165, 1.54) is 17.7 Å². The fraction of sp³-hybridized carbons (Fsp3) is 0.765. The predicted octanol–water partition coefficient (Wildman–Crippen LogP) is 1.54. The van der Waals surface area contributed by atoms with Crippen molar-refractivity contribution >= 4 is 11.8 Å². The summed E-state index contributed by atoms with van der Waals surface area (Å²) >= 11 is 0. The third-order valence-electron chi connectivity index (χ3n) is 5.77. The Morgan fingerprint density at radius 3 is 2.45 bits per heavy atom. The van der Waals surface area contributed by atoms with Gasteiger partial charge in [-0.25, -0.2) is 0 Å². The summed E-state index contributed by atoms with van der Waals surface area (Å²) in [7, 11) is 0. The summed E-state index contributed by atoms with van der Waals surface area (Å²) in [5, 5.41) is 0. The first kappa shape index (κ1) is 14.4. The highest BCUT2D eigenvalue weighted by molar-refractivity contribution is 6.05. The molecule has 0 aromatic rings. The molecule has 0 aromatic heterocycles. The summed E-state index contributed by atoms with van der Waals surface area (Å²) in [5.41, 5.74) is 0. The van der Waals surface area contributed by atoms with Crippen LogP contribution in [0.1, 0.15) is 38.5 Å². The van der Waals surface area contributed by atoms with E-state index in [1.807, 2.05) is 12.2 Å².